The van der Waals surface area contributed by atoms with Crippen LogP contribution in [-0.4, -0.2) is 53.2 Å². The van der Waals surface area contributed by atoms with Gasteiger partial charge in [-0.15, -0.1) is 0 Å². The molecule has 3 aliphatic rings. The minimum absolute atomic E-state index is 0.0851. The Labute approximate surface area is 175 Å². The highest BCUT2D eigenvalue weighted by atomic mass is 16.7. The van der Waals surface area contributed by atoms with E-state index in [0.29, 0.717) is 24.0 Å². The molecular weight excluding hydrogens is 392 g/mol. The second-order valence-electron chi connectivity index (χ2n) is 8.35. The van der Waals surface area contributed by atoms with E-state index in [1.165, 1.54) is 6.92 Å². The fourth-order valence-electron chi connectivity index (χ4n) is 4.43. The molecule has 2 fully saturated rings. The van der Waals surface area contributed by atoms with Gasteiger partial charge in [-0.05, 0) is 39.2 Å². The number of carbonyl (C=O) groups excluding carboxylic acids is 3. The molecule has 6 unspecified atom stereocenters. The number of rotatable bonds is 3. The summed E-state index contributed by atoms with van der Waals surface area (Å²) >= 11 is 0. The highest BCUT2D eigenvalue weighted by molar-refractivity contribution is 5.94. The molecule has 0 spiro atoms. The molecule has 0 amide bonds. The lowest BCUT2D eigenvalue weighted by Gasteiger charge is -2.39. The summed E-state index contributed by atoms with van der Waals surface area (Å²) in [6.45, 7) is 11.8. The lowest BCUT2D eigenvalue weighted by molar-refractivity contribution is -0.209. The Hall–Kier alpha value is -2.45. The standard InChI is InChI=1S/C22H28O8/c1-7-11(2)17(24)28-16-15(27-14(5)23)12(3)9-8-10-21(6)19-22(16,30-20(21)26)13(4)18(25)29-19/h7,9,15-16,19-20,26H,4,8,10H2,1-3,5-6H3. The van der Waals surface area contributed by atoms with Crippen LogP contribution in [-0.2, 0) is 33.3 Å². The summed E-state index contributed by atoms with van der Waals surface area (Å²) < 4.78 is 23.0. The molecule has 0 radical (unpaired) electrons. The smallest absolute Gasteiger partial charge is 0.337 e. The number of aliphatic hydroxyl groups is 1. The molecule has 8 nitrogen and oxygen atoms in total. The third kappa shape index (κ3) is 3.18. The molecule has 0 aromatic heterocycles. The van der Waals surface area contributed by atoms with Crippen molar-refractivity contribution < 1.29 is 38.4 Å². The second-order valence-corrected chi connectivity index (χ2v) is 8.35. The molecule has 0 aromatic rings. The zero-order valence-corrected chi connectivity index (χ0v) is 17.9. The summed E-state index contributed by atoms with van der Waals surface area (Å²) in [5.41, 5.74) is -1.80. The Morgan fingerprint density at radius 3 is 2.60 bits per heavy atom. The first kappa shape index (κ1) is 22.2. The zero-order chi connectivity index (χ0) is 22.4. The van der Waals surface area contributed by atoms with E-state index in [2.05, 4.69) is 6.58 Å². The zero-order valence-electron chi connectivity index (χ0n) is 17.9. The predicted molar refractivity (Wildman–Crippen MR) is 105 cm³/mol. The predicted octanol–water partition coefficient (Wildman–Crippen LogP) is 2.11. The first-order chi connectivity index (χ1) is 14.0. The molecule has 8 heteroatoms. The van der Waals surface area contributed by atoms with E-state index in [1.807, 2.05) is 6.08 Å². The van der Waals surface area contributed by atoms with Crippen LogP contribution < -0.4 is 0 Å². The van der Waals surface area contributed by atoms with Crippen molar-refractivity contribution in [1.29, 1.82) is 0 Å². The van der Waals surface area contributed by atoms with Crippen LogP contribution in [0, 0.1) is 5.41 Å². The molecule has 30 heavy (non-hydrogen) atoms. The van der Waals surface area contributed by atoms with Crippen molar-refractivity contribution in [2.75, 3.05) is 0 Å². The van der Waals surface area contributed by atoms with Gasteiger partial charge in [0.25, 0.3) is 0 Å². The van der Waals surface area contributed by atoms with Crippen molar-refractivity contribution in [2.45, 2.75) is 77.7 Å². The molecule has 2 heterocycles. The maximum Gasteiger partial charge on any atom is 0.337 e. The Kier molecular flexibility index (Phi) is 5.68. The number of carbonyl (C=O) groups is 3. The lowest BCUT2D eigenvalue weighted by atomic mass is 9.72. The van der Waals surface area contributed by atoms with Crippen LogP contribution in [0.2, 0.25) is 0 Å². The van der Waals surface area contributed by atoms with Crippen molar-refractivity contribution in [2.24, 2.45) is 5.41 Å². The Bertz CT molecular complexity index is 855. The molecule has 2 aliphatic heterocycles. The third-order valence-corrected chi connectivity index (χ3v) is 6.38. The van der Waals surface area contributed by atoms with Gasteiger partial charge in [-0.1, -0.05) is 25.7 Å². The second kappa shape index (κ2) is 7.67. The molecule has 3 rings (SSSR count). The van der Waals surface area contributed by atoms with Crippen molar-refractivity contribution in [3.8, 4) is 0 Å². The van der Waals surface area contributed by atoms with Gasteiger partial charge in [0.2, 0.25) is 0 Å². The van der Waals surface area contributed by atoms with E-state index in [1.54, 1.807) is 33.8 Å². The Morgan fingerprint density at radius 2 is 2.00 bits per heavy atom. The molecule has 6 atom stereocenters. The minimum atomic E-state index is -1.70. The summed E-state index contributed by atoms with van der Waals surface area (Å²) in [4.78, 5) is 37.2. The maximum atomic E-state index is 12.8. The summed E-state index contributed by atoms with van der Waals surface area (Å²) in [5.74, 6) is -1.97. The van der Waals surface area contributed by atoms with Crippen LogP contribution in [0.4, 0.5) is 0 Å². The summed E-state index contributed by atoms with van der Waals surface area (Å²) in [6.07, 6.45) is -0.244. The normalized spacial score (nSPS) is 38.6. The van der Waals surface area contributed by atoms with Crippen LogP contribution >= 0.6 is 0 Å². The largest absolute Gasteiger partial charge is 0.455 e. The monoisotopic (exact) mass is 420 g/mol. The van der Waals surface area contributed by atoms with E-state index in [9.17, 15) is 19.5 Å². The van der Waals surface area contributed by atoms with E-state index in [4.69, 9.17) is 18.9 Å². The molecule has 1 aliphatic carbocycles. The lowest BCUT2D eigenvalue weighted by Crippen LogP contribution is -2.58. The van der Waals surface area contributed by atoms with Crippen LogP contribution in [0.15, 0.2) is 35.5 Å². The van der Waals surface area contributed by atoms with Crippen LogP contribution in [0.25, 0.3) is 0 Å². The maximum absolute atomic E-state index is 12.8. The van der Waals surface area contributed by atoms with Gasteiger partial charge >= 0.3 is 17.9 Å². The van der Waals surface area contributed by atoms with E-state index in [-0.39, 0.29) is 5.57 Å². The van der Waals surface area contributed by atoms with Crippen LogP contribution in [0.3, 0.4) is 0 Å². The molecule has 2 saturated heterocycles. The number of esters is 3. The Balaban J connectivity index is 2.24. The van der Waals surface area contributed by atoms with E-state index < -0.39 is 53.5 Å². The fourth-order valence-corrected chi connectivity index (χ4v) is 4.43. The number of hydrogen-bond donors (Lipinski definition) is 1. The number of aliphatic hydroxyl groups excluding tert-OH is 1. The SMILES string of the molecule is C=C1C(=O)OC2C3(C)CCC=C(C)C(OC(C)=O)C(OC(=O)C(C)=CC)C12OC3O. The number of hydrogen-bond acceptors (Lipinski definition) is 8. The summed E-state index contributed by atoms with van der Waals surface area (Å²) in [5, 5.41) is 10.8. The van der Waals surface area contributed by atoms with Gasteiger partial charge in [-0.25, -0.2) is 9.59 Å². The first-order valence-corrected chi connectivity index (χ1v) is 9.93. The average molecular weight is 420 g/mol. The van der Waals surface area contributed by atoms with Crippen molar-refractivity contribution in [1.82, 2.24) is 0 Å². The molecule has 0 saturated carbocycles. The molecule has 0 aromatic carbocycles. The van der Waals surface area contributed by atoms with Gasteiger partial charge in [0.05, 0.1) is 11.0 Å². The third-order valence-electron chi connectivity index (χ3n) is 6.38. The molecule has 1 N–H and O–H groups in total. The molecular formula is C22H28O8. The number of allylic oxidation sites excluding steroid dienone is 2. The minimum Gasteiger partial charge on any atom is -0.455 e. The van der Waals surface area contributed by atoms with Gasteiger partial charge in [-0.3, -0.25) is 4.79 Å². The van der Waals surface area contributed by atoms with Crippen molar-refractivity contribution in [3.05, 3.63) is 35.5 Å². The summed E-state index contributed by atoms with van der Waals surface area (Å²) in [7, 11) is 0. The highest BCUT2D eigenvalue weighted by Crippen LogP contribution is 2.58. The average Bonchev–Trinajstić information content (AvgIpc) is 3.07. The van der Waals surface area contributed by atoms with Gasteiger partial charge in [-0.2, -0.15) is 0 Å². The van der Waals surface area contributed by atoms with Crippen LogP contribution in [0.5, 0.6) is 0 Å². The van der Waals surface area contributed by atoms with E-state index >= 15 is 0 Å². The van der Waals surface area contributed by atoms with Crippen molar-refractivity contribution in [3.63, 3.8) is 0 Å². The Morgan fingerprint density at radius 1 is 1.33 bits per heavy atom. The number of ether oxygens (including phenoxy) is 4. The van der Waals surface area contributed by atoms with Crippen LogP contribution in [0.1, 0.15) is 47.5 Å². The first-order valence-electron chi connectivity index (χ1n) is 9.93. The van der Waals surface area contributed by atoms with Gasteiger partial charge in [0.1, 0.15) is 6.10 Å². The summed E-state index contributed by atoms with van der Waals surface area (Å²) in [6, 6.07) is 0. The highest BCUT2D eigenvalue weighted by Gasteiger charge is 2.74. The quantitative estimate of drug-likeness (QED) is 0.320. The molecule has 2 bridgehead atoms. The fraction of sp³-hybridized carbons (Fsp3) is 0.591. The van der Waals surface area contributed by atoms with Gasteiger partial charge in [0.15, 0.2) is 24.1 Å². The topological polar surface area (TPSA) is 108 Å². The molecule has 164 valence electrons. The van der Waals surface area contributed by atoms with Crippen molar-refractivity contribution >= 4 is 17.9 Å². The van der Waals surface area contributed by atoms with E-state index in [0.717, 1.165) is 0 Å². The van der Waals surface area contributed by atoms with Gasteiger partial charge < -0.3 is 24.1 Å². The van der Waals surface area contributed by atoms with Gasteiger partial charge in [0, 0.05) is 12.5 Å².